The number of rotatable bonds is 7. The summed E-state index contributed by atoms with van der Waals surface area (Å²) in [6.07, 6.45) is 0.0914. The summed E-state index contributed by atoms with van der Waals surface area (Å²) in [7, 11) is 1.59. The molecule has 0 bridgehead atoms. The predicted molar refractivity (Wildman–Crippen MR) is 118 cm³/mol. The molecule has 1 heterocycles. The van der Waals surface area contributed by atoms with Crippen molar-refractivity contribution in [1.82, 2.24) is 4.90 Å². The normalized spacial score (nSPS) is 17.8. The lowest BCUT2D eigenvalue weighted by Gasteiger charge is -2.16. The molecule has 0 radical (unpaired) electrons. The zero-order chi connectivity index (χ0) is 20.8. The Bertz CT molecular complexity index is 915. The van der Waals surface area contributed by atoms with Crippen LogP contribution in [0.5, 0.6) is 0 Å². The van der Waals surface area contributed by atoms with Crippen LogP contribution in [0.25, 0.3) is 0 Å². The third-order valence-electron chi connectivity index (χ3n) is 4.56. The van der Waals surface area contributed by atoms with Gasteiger partial charge >= 0.3 is 0 Å². The summed E-state index contributed by atoms with van der Waals surface area (Å²) in [5.41, 5.74) is 3.60. The Hall–Kier alpha value is -2.64. The van der Waals surface area contributed by atoms with Crippen molar-refractivity contribution in [3.8, 4) is 0 Å². The minimum absolute atomic E-state index is 0.0914. The van der Waals surface area contributed by atoms with E-state index < -0.39 is 5.25 Å². The van der Waals surface area contributed by atoms with Gasteiger partial charge in [0, 0.05) is 19.2 Å². The van der Waals surface area contributed by atoms with Crippen LogP contribution >= 0.6 is 11.8 Å². The summed E-state index contributed by atoms with van der Waals surface area (Å²) in [6.45, 7) is 4.73. The van der Waals surface area contributed by atoms with Gasteiger partial charge in [0.1, 0.15) is 5.25 Å². The minimum Gasteiger partial charge on any atom is -0.383 e. The summed E-state index contributed by atoms with van der Waals surface area (Å²) in [5.74, 6) is -0.296. The standard InChI is InChI=1S/C22H25N3O3S/c1-15-9-10-16(2)18(13-15)24-20(26)14-19-21(27)25(11-12-28-3)22(29-19)23-17-7-5-4-6-8-17/h4-10,13,19H,11-12,14H2,1-3H3,(H,24,26). The number of amidine groups is 1. The minimum atomic E-state index is -0.501. The molecule has 2 aromatic rings. The maximum Gasteiger partial charge on any atom is 0.242 e. The number of benzene rings is 2. The first-order valence-electron chi connectivity index (χ1n) is 9.45. The first kappa shape index (κ1) is 21.1. The van der Waals surface area contributed by atoms with E-state index in [0.29, 0.717) is 18.3 Å². The Labute approximate surface area is 175 Å². The Balaban J connectivity index is 1.73. The third kappa shape index (κ3) is 5.46. The second-order valence-corrected chi connectivity index (χ2v) is 8.06. The zero-order valence-corrected chi connectivity index (χ0v) is 17.7. The van der Waals surface area contributed by atoms with Crippen LogP contribution in [0.3, 0.4) is 0 Å². The number of anilines is 1. The molecule has 1 aliphatic heterocycles. The molecule has 1 saturated heterocycles. The molecule has 1 atom stereocenters. The van der Waals surface area contributed by atoms with Gasteiger partial charge in [0.2, 0.25) is 11.8 Å². The number of carbonyl (C=O) groups is 2. The largest absolute Gasteiger partial charge is 0.383 e. The van der Waals surface area contributed by atoms with Crippen molar-refractivity contribution in [3.05, 3.63) is 59.7 Å². The van der Waals surface area contributed by atoms with Gasteiger partial charge in [-0.15, -0.1) is 0 Å². The first-order valence-corrected chi connectivity index (χ1v) is 10.3. The van der Waals surface area contributed by atoms with Crippen molar-refractivity contribution >= 4 is 40.1 Å². The highest BCUT2D eigenvalue weighted by molar-refractivity contribution is 8.15. The fraction of sp³-hybridized carbons (Fsp3) is 0.318. The summed E-state index contributed by atoms with van der Waals surface area (Å²) in [5, 5.41) is 3.03. The molecule has 2 aromatic carbocycles. The van der Waals surface area contributed by atoms with Gasteiger partial charge < -0.3 is 10.1 Å². The Morgan fingerprint density at radius 2 is 1.97 bits per heavy atom. The smallest absolute Gasteiger partial charge is 0.242 e. The Kier molecular flexibility index (Phi) is 7.06. The van der Waals surface area contributed by atoms with Crippen LogP contribution in [0.1, 0.15) is 17.5 Å². The molecular weight excluding hydrogens is 386 g/mol. The SMILES string of the molecule is COCCN1C(=O)C(CC(=O)Nc2cc(C)ccc2C)SC1=Nc1ccccc1. The van der Waals surface area contributed by atoms with E-state index in [0.717, 1.165) is 22.5 Å². The van der Waals surface area contributed by atoms with E-state index in [4.69, 9.17) is 4.74 Å². The van der Waals surface area contributed by atoms with Crippen molar-refractivity contribution in [1.29, 1.82) is 0 Å². The van der Waals surface area contributed by atoms with Crippen LogP contribution in [-0.4, -0.2) is 47.4 Å². The van der Waals surface area contributed by atoms with Gasteiger partial charge in [-0.3, -0.25) is 14.5 Å². The maximum atomic E-state index is 12.9. The van der Waals surface area contributed by atoms with Gasteiger partial charge in [0.25, 0.3) is 0 Å². The fourth-order valence-corrected chi connectivity index (χ4v) is 4.15. The number of amides is 2. The van der Waals surface area contributed by atoms with E-state index in [2.05, 4.69) is 10.3 Å². The van der Waals surface area contributed by atoms with E-state index in [1.165, 1.54) is 11.8 Å². The van der Waals surface area contributed by atoms with Gasteiger partial charge in [-0.05, 0) is 43.2 Å². The van der Waals surface area contributed by atoms with Crippen molar-refractivity contribution in [2.45, 2.75) is 25.5 Å². The van der Waals surface area contributed by atoms with Crippen LogP contribution in [0.15, 0.2) is 53.5 Å². The molecule has 6 nitrogen and oxygen atoms in total. The van der Waals surface area contributed by atoms with Crippen molar-refractivity contribution in [2.75, 3.05) is 25.6 Å². The maximum absolute atomic E-state index is 12.9. The number of aryl methyl sites for hydroxylation is 2. The summed E-state index contributed by atoms with van der Waals surface area (Å²) in [6, 6.07) is 15.4. The molecule has 1 aliphatic rings. The number of nitrogens with one attached hydrogen (secondary N) is 1. The topological polar surface area (TPSA) is 71.0 Å². The zero-order valence-electron chi connectivity index (χ0n) is 16.8. The molecule has 1 unspecified atom stereocenters. The summed E-state index contributed by atoms with van der Waals surface area (Å²) in [4.78, 5) is 31.7. The first-order chi connectivity index (χ1) is 14.0. The van der Waals surface area contributed by atoms with Crippen LogP contribution in [-0.2, 0) is 14.3 Å². The molecule has 152 valence electrons. The monoisotopic (exact) mass is 411 g/mol. The molecule has 0 aromatic heterocycles. The van der Waals surface area contributed by atoms with E-state index in [1.54, 1.807) is 12.0 Å². The van der Waals surface area contributed by atoms with Gasteiger partial charge in [-0.25, -0.2) is 4.99 Å². The van der Waals surface area contributed by atoms with Gasteiger partial charge in [0.15, 0.2) is 5.17 Å². The van der Waals surface area contributed by atoms with Crippen molar-refractivity contribution in [2.24, 2.45) is 4.99 Å². The molecule has 0 spiro atoms. The fourth-order valence-electron chi connectivity index (χ4n) is 2.97. The molecule has 0 aliphatic carbocycles. The number of ether oxygens (including phenoxy) is 1. The number of hydrogen-bond acceptors (Lipinski definition) is 5. The second kappa shape index (κ2) is 9.71. The molecule has 29 heavy (non-hydrogen) atoms. The highest BCUT2D eigenvalue weighted by Gasteiger charge is 2.39. The summed E-state index contributed by atoms with van der Waals surface area (Å²) >= 11 is 1.33. The van der Waals surface area contributed by atoms with E-state index >= 15 is 0 Å². The number of hydrogen-bond donors (Lipinski definition) is 1. The van der Waals surface area contributed by atoms with Gasteiger partial charge in [-0.2, -0.15) is 0 Å². The predicted octanol–water partition coefficient (Wildman–Crippen LogP) is 3.91. The highest BCUT2D eigenvalue weighted by Crippen LogP contribution is 2.32. The number of carbonyl (C=O) groups excluding carboxylic acids is 2. The van der Waals surface area contributed by atoms with Crippen LogP contribution in [0.4, 0.5) is 11.4 Å². The van der Waals surface area contributed by atoms with Crippen molar-refractivity contribution in [3.63, 3.8) is 0 Å². The van der Waals surface area contributed by atoms with Crippen LogP contribution in [0.2, 0.25) is 0 Å². The molecule has 1 fully saturated rings. The third-order valence-corrected chi connectivity index (χ3v) is 5.73. The lowest BCUT2D eigenvalue weighted by atomic mass is 10.1. The lowest BCUT2D eigenvalue weighted by Crippen LogP contribution is -2.35. The van der Waals surface area contributed by atoms with E-state index in [-0.39, 0.29) is 18.2 Å². The molecule has 3 rings (SSSR count). The molecule has 2 amide bonds. The van der Waals surface area contributed by atoms with E-state index in [9.17, 15) is 9.59 Å². The van der Waals surface area contributed by atoms with Crippen LogP contribution in [0, 0.1) is 13.8 Å². The van der Waals surface area contributed by atoms with E-state index in [1.807, 2.05) is 62.4 Å². The number of para-hydroxylation sites is 1. The number of thioether (sulfide) groups is 1. The Morgan fingerprint density at radius 3 is 2.69 bits per heavy atom. The quantitative estimate of drug-likeness (QED) is 0.750. The van der Waals surface area contributed by atoms with Crippen molar-refractivity contribution < 1.29 is 14.3 Å². The molecular formula is C22H25N3O3S. The second-order valence-electron chi connectivity index (χ2n) is 6.89. The molecule has 0 saturated carbocycles. The summed E-state index contributed by atoms with van der Waals surface area (Å²) < 4.78 is 5.13. The molecule has 1 N–H and O–H groups in total. The van der Waals surface area contributed by atoms with Gasteiger partial charge in [-0.1, -0.05) is 42.1 Å². The average Bonchev–Trinajstić information content (AvgIpc) is 2.98. The highest BCUT2D eigenvalue weighted by atomic mass is 32.2. The number of methoxy groups -OCH3 is 1. The molecule has 7 heteroatoms. The number of nitrogens with zero attached hydrogens (tertiary/aromatic N) is 2. The Morgan fingerprint density at radius 1 is 1.21 bits per heavy atom. The lowest BCUT2D eigenvalue weighted by molar-refractivity contribution is -0.128. The van der Waals surface area contributed by atoms with Crippen LogP contribution < -0.4 is 5.32 Å². The average molecular weight is 412 g/mol. The number of aliphatic imine (C=N–C) groups is 1. The van der Waals surface area contributed by atoms with Gasteiger partial charge in [0.05, 0.1) is 18.8 Å².